The SMILES string of the molecule is CCCC(N)c1ccn(CCO)c1. The molecule has 0 aromatic carbocycles. The summed E-state index contributed by atoms with van der Waals surface area (Å²) in [5, 5.41) is 8.72. The van der Waals surface area contributed by atoms with E-state index in [9.17, 15) is 0 Å². The van der Waals surface area contributed by atoms with Crippen LogP contribution in [0.5, 0.6) is 0 Å². The second-order valence-electron chi connectivity index (χ2n) is 3.30. The summed E-state index contributed by atoms with van der Waals surface area (Å²) in [6, 6.07) is 2.17. The Balaban J connectivity index is 2.56. The Morgan fingerprint density at radius 1 is 1.62 bits per heavy atom. The maximum absolute atomic E-state index is 8.72. The van der Waals surface area contributed by atoms with Crippen LogP contribution in [0, 0.1) is 0 Å². The first-order valence-corrected chi connectivity index (χ1v) is 4.80. The topological polar surface area (TPSA) is 51.2 Å². The van der Waals surface area contributed by atoms with Crippen molar-refractivity contribution in [2.24, 2.45) is 5.73 Å². The van der Waals surface area contributed by atoms with Gasteiger partial charge < -0.3 is 15.4 Å². The van der Waals surface area contributed by atoms with Gasteiger partial charge in [0.1, 0.15) is 0 Å². The molecular weight excluding hydrogens is 164 g/mol. The van der Waals surface area contributed by atoms with Crippen LogP contribution in [0.4, 0.5) is 0 Å². The Labute approximate surface area is 79.2 Å². The molecular formula is C10H18N2O. The quantitative estimate of drug-likeness (QED) is 0.720. The van der Waals surface area contributed by atoms with Gasteiger partial charge in [-0.25, -0.2) is 0 Å². The van der Waals surface area contributed by atoms with Crippen molar-refractivity contribution in [3.05, 3.63) is 24.0 Å². The minimum atomic E-state index is 0.143. The van der Waals surface area contributed by atoms with Crippen LogP contribution >= 0.6 is 0 Å². The molecule has 1 aromatic rings. The van der Waals surface area contributed by atoms with Crippen LogP contribution in [-0.4, -0.2) is 16.3 Å². The summed E-state index contributed by atoms with van der Waals surface area (Å²) in [6.07, 6.45) is 6.09. The van der Waals surface area contributed by atoms with Crippen LogP contribution in [0.1, 0.15) is 31.4 Å². The van der Waals surface area contributed by atoms with Gasteiger partial charge in [-0.1, -0.05) is 13.3 Å². The fraction of sp³-hybridized carbons (Fsp3) is 0.600. The maximum atomic E-state index is 8.72. The molecule has 3 nitrogen and oxygen atoms in total. The van der Waals surface area contributed by atoms with Gasteiger partial charge in [-0.3, -0.25) is 0 Å². The van der Waals surface area contributed by atoms with Gasteiger partial charge in [-0.2, -0.15) is 0 Å². The van der Waals surface area contributed by atoms with E-state index in [1.165, 1.54) is 0 Å². The van der Waals surface area contributed by atoms with E-state index >= 15 is 0 Å². The van der Waals surface area contributed by atoms with Crippen molar-refractivity contribution < 1.29 is 5.11 Å². The standard InChI is InChI=1S/C10H18N2O/c1-2-3-10(11)9-4-5-12(8-9)6-7-13/h4-5,8,10,13H,2-3,6-7,11H2,1H3. The molecule has 0 amide bonds. The van der Waals surface area contributed by atoms with E-state index in [2.05, 4.69) is 6.92 Å². The Bertz CT molecular complexity index is 245. The summed E-state index contributed by atoms with van der Waals surface area (Å²) in [7, 11) is 0. The summed E-state index contributed by atoms with van der Waals surface area (Å²) < 4.78 is 1.96. The van der Waals surface area contributed by atoms with Crippen molar-refractivity contribution in [3.8, 4) is 0 Å². The van der Waals surface area contributed by atoms with Crippen molar-refractivity contribution in [2.75, 3.05) is 6.61 Å². The summed E-state index contributed by atoms with van der Waals surface area (Å²) in [4.78, 5) is 0. The molecule has 13 heavy (non-hydrogen) atoms. The molecule has 1 unspecified atom stereocenters. The zero-order chi connectivity index (χ0) is 9.68. The molecule has 0 saturated heterocycles. The van der Waals surface area contributed by atoms with Crippen molar-refractivity contribution in [1.82, 2.24) is 4.57 Å². The molecule has 1 atom stereocenters. The van der Waals surface area contributed by atoms with Crippen molar-refractivity contribution in [3.63, 3.8) is 0 Å². The molecule has 0 spiro atoms. The number of nitrogens with two attached hydrogens (primary N) is 1. The molecule has 0 aliphatic rings. The van der Waals surface area contributed by atoms with Crippen molar-refractivity contribution in [1.29, 1.82) is 0 Å². The third-order valence-electron chi connectivity index (χ3n) is 2.16. The monoisotopic (exact) mass is 182 g/mol. The minimum Gasteiger partial charge on any atom is -0.395 e. The number of aromatic nitrogens is 1. The van der Waals surface area contributed by atoms with Gasteiger partial charge in [0.2, 0.25) is 0 Å². The average molecular weight is 182 g/mol. The lowest BCUT2D eigenvalue weighted by molar-refractivity contribution is 0.276. The van der Waals surface area contributed by atoms with Gasteiger partial charge in [0.25, 0.3) is 0 Å². The minimum absolute atomic E-state index is 0.143. The first-order chi connectivity index (χ1) is 6.27. The third kappa shape index (κ3) is 2.86. The molecule has 0 radical (unpaired) electrons. The Morgan fingerprint density at radius 3 is 3.00 bits per heavy atom. The van der Waals surface area contributed by atoms with Crippen LogP contribution in [0.2, 0.25) is 0 Å². The van der Waals surface area contributed by atoms with Gasteiger partial charge in [0.05, 0.1) is 6.61 Å². The zero-order valence-corrected chi connectivity index (χ0v) is 8.11. The molecule has 0 bridgehead atoms. The molecule has 0 aliphatic heterocycles. The highest BCUT2D eigenvalue weighted by molar-refractivity contribution is 5.14. The van der Waals surface area contributed by atoms with Crippen LogP contribution in [0.15, 0.2) is 18.5 Å². The first-order valence-electron chi connectivity index (χ1n) is 4.80. The molecule has 0 saturated carbocycles. The van der Waals surface area contributed by atoms with E-state index in [1.807, 2.05) is 23.0 Å². The van der Waals surface area contributed by atoms with Crippen LogP contribution in [-0.2, 0) is 6.54 Å². The summed E-state index contributed by atoms with van der Waals surface area (Å²) in [5.41, 5.74) is 7.10. The number of hydrogen-bond acceptors (Lipinski definition) is 2. The van der Waals surface area contributed by atoms with Crippen LogP contribution in [0.25, 0.3) is 0 Å². The van der Waals surface area contributed by atoms with E-state index in [1.54, 1.807) is 0 Å². The summed E-state index contributed by atoms with van der Waals surface area (Å²) in [5.74, 6) is 0. The summed E-state index contributed by atoms with van der Waals surface area (Å²) >= 11 is 0. The smallest absolute Gasteiger partial charge is 0.0610 e. The lowest BCUT2D eigenvalue weighted by Crippen LogP contribution is -2.08. The van der Waals surface area contributed by atoms with Crippen LogP contribution < -0.4 is 5.73 Å². The molecule has 74 valence electrons. The van der Waals surface area contributed by atoms with E-state index < -0.39 is 0 Å². The van der Waals surface area contributed by atoms with E-state index in [0.29, 0.717) is 6.54 Å². The molecule has 0 fully saturated rings. The number of aliphatic hydroxyl groups is 1. The Kier molecular flexibility index (Phi) is 3.99. The van der Waals surface area contributed by atoms with Gasteiger partial charge >= 0.3 is 0 Å². The number of aliphatic hydroxyl groups excluding tert-OH is 1. The van der Waals surface area contributed by atoms with Crippen molar-refractivity contribution in [2.45, 2.75) is 32.4 Å². The molecule has 1 aromatic heterocycles. The molecule has 3 N–H and O–H groups in total. The van der Waals surface area contributed by atoms with E-state index in [4.69, 9.17) is 10.8 Å². The first kappa shape index (κ1) is 10.3. The highest BCUT2D eigenvalue weighted by Crippen LogP contribution is 2.15. The van der Waals surface area contributed by atoms with Crippen molar-refractivity contribution >= 4 is 0 Å². The second kappa shape index (κ2) is 5.04. The number of rotatable bonds is 5. The molecule has 0 aliphatic carbocycles. The van der Waals surface area contributed by atoms with E-state index in [0.717, 1.165) is 18.4 Å². The van der Waals surface area contributed by atoms with E-state index in [-0.39, 0.29) is 12.6 Å². The van der Waals surface area contributed by atoms with Gasteiger partial charge in [0, 0.05) is 25.0 Å². The second-order valence-corrected chi connectivity index (χ2v) is 3.30. The number of nitrogens with zero attached hydrogens (tertiary/aromatic N) is 1. The highest BCUT2D eigenvalue weighted by Gasteiger charge is 2.05. The average Bonchev–Trinajstić information content (AvgIpc) is 2.54. The fourth-order valence-electron chi connectivity index (χ4n) is 1.41. The molecule has 3 heteroatoms. The lowest BCUT2D eigenvalue weighted by Gasteiger charge is -2.07. The predicted molar refractivity (Wildman–Crippen MR) is 53.4 cm³/mol. The van der Waals surface area contributed by atoms with Crippen LogP contribution in [0.3, 0.4) is 0 Å². The van der Waals surface area contributed by atoms with Gasteiger partial charge in [-0.15, -0.1) is 0 Å². The largest absolute Gasteiger partial charge is 0.395 e. The number of hydrogen-bond donors (Lipinski definition) is 2. The molecule has 1 heterocycles. The maximum Gasteiger partial charge on any atom is 0.0610 e. The third-order valence-corrected chi connectivity index (χ3v) is 2.16. The van der Waals surface area contributed by atoms with Gasteiger partial charge in [-0.05, 0) is 18.1 Å². The fourth-order valence-corrected chi connectivity index (χ4v) is 1.41. The highest BCUT2D eigenvalue weighted by atomic mass is 16.3. The Hall–Kier alpha value is -0.800. The summed E-state index contributed by atoms with van der Waals surface area (Å²) in [6.45, 7) is 2.96. The Morgan fingerprint density at radius 2 is 2.38 bits per heavy atom. The van der Waals surface area contributed by atoms with Gasteiger partial charge in [0.15, 0.2) is 0 Å². The predicted octanol–water partition coefficient (Wildman–Crippen LogP) is 1.28. The lowest BCUT2D eigenvalue weighted by atomic mass is 10.1. The normalized spacial score (nSPS) is 13.2. The zero-order valence-electron chi connectivity index (χ0n) is 8.11. The molecule has 1 rings (SSSR count).